The summed E-state index contributed by atoms with van der Waals surface area (Å²) in [7, 11) is 0. The van der Waals surface area contributed by atoms with Crippen LogP contribution in [0.3, 0.4) is 0 Å². The average Bonchev–Trinajstić information content (AvgIpc) is 2.33. The number of nitrogens with one attached hydrogen (secondary N) is 2. The molecule has 2 saturated carbocycles. The van der Waals surface area contributed by atoms with Gasteiger partial charge in [0.25, 0.3) is 0 Å². The molecule has 0 heterocycles. The van der Waals surface area contributed by atoms with Crippen molar-refractivity contribution in [1.29, 1.82) is 0 Å². The first-order chi connectivity index (χ1) is 10.0. The molecule has 21 heavy (non-hydrogen) atoms. The molecule has 0 aromatic carbocycles. The van der Waals surface area contributed by atoms with Crippen molar-refractivity contribution in [3.63, 3.8) is 0 Å². The zero-order valence-electron chi connectivity index (χ0n) is 13.1. The molecule has 0 spiro atoms. The molecule has 2 aliphatic carbocycles. The lowest BCUT2D eigenvalue weighted by atomic mass is 9.92. The monoisotopic (exact) mass is 290 g/mol. The van der Waals surface area contributed by atoms with Gasteiger partial charge in [-0.3, -0.25) is 9.59 Å². The van der Waals surface area contributed by atoms with E-state index in [-0.39, 0.29) is 23.8 Å². The molecule has 2 fully saturated rings. The molecule has 2 aliphatic rings. The van der Waals surface area contributed by atoms with E-state index in [1.807, 2.05) is 0 Å². The predicted octanol–water partition coefficient (Wildman–Crippen LogP) is 2.46. The molecule has 0 aromatic heterocycles. The Labute approximate surface area is 127 Å². The Morgan fingerprint density at radius 1 is 1.00 bits per heavy atom. The van der Waals surface area contributed by atoms with E-state index in [2.05, 4.69) is 24.5 Å². The molecule has 1 atom stereocenters. The van der Waals surface area contributed by atoms with Crippen LogP contribution in [0.5, 0.6) is 0 Å². The minimum Gasteiger partial charge on any atom is -0.350 e. The van der Waals surface area contributed by atoms with Crippen LogP contribution in [-0.2, 0) is 9.59 Å². The molecule has 0 radical (unpaired) electrons. The van der Waals surface area contributed by atoms with Crippen molar-refractivity contribution >= 4 is 11.8 Å². The normalized spacial score (nSPS) is 18.4. The second-order valence-electron chi connectivity index (χ2n) is 6.42. The van der Waals surface area contributed by atoms with Gasteiger partial charge in [0.2, 0.25) is 11.8 Å². The topological polar surface area (TPSA) is 58.2 Å². The molecular weight excluding hydrogens is 264 g/mol. The number of amides is 2. The number of allylic oxidation sites excluding steroid dienone is 2. The molecule has 4 heteroatoms. The van der Waals surface area contributed by atoms with Crippen LogP contribution in [0.25, 0.3) is 0 Å². The minimum atomic E-state index is -0.0399. The lowest BCUT2D eigenvalue weighted by Gasteiger charge is -2.23. The van der Waals surface area contributed by atoms with Gasteiger partial charge in [0.05, 0.1) is 0 Å². The van der Waals surface area contributed by atoms with Crippen molar-refractivity contribution in [1.82, 2.24) is 10.6 Å². The van der Waals surface area contributed by atoms with Crippen molar-refractivity contribution in [2.45, 2.75) is 58.4 Å². The molecule has 0 bridgehead atoms. The van der Waals surface area contributed by atoms with Crippen molar-refractivity contribution in [2.24, 2.45) is 5.92 Å². The van der Waals surface area contributed by atoms with E-state index in [9.17, 15) is 9.59 Å². The second-order valence-corrected chi connectivity index (χ2v) is 6.42. The third-order valence-corrected chi connectivity index (χ3v) is 4.29. The molecule has 2 rings (SSSR count). The first kappa shape index (κ1) is 15.8. The van der Waals surface area contributed by atoms with E-state index in [0.717, 1.165) is 25.7 Å². The molecule has 2 amide bonds. The third kappa shape index (κ3) is 5.03. The zero-order valence-corrected chi connectivity index (χ0v) is 13.1. The summed E-state index contributed by atoms with van der Waals surface area (Å²) in [5.41, 5.74) is 2.46. The minimum absolute atomic E-state index is 0.0295. The summed E-state index contributed by atoms with van der Waals surface area (Å²) >= 11 is 0. The van der Waals surface area contributed by atoms with E-state index >= 15 is 0 Å². The van der Waals surface area contributed by atoms with Gasteiger partial charge >= 0.3 is 0 Å². The lowest BCUT2D eigenvalue weighted by molar-refractivity contribution is -0.119. The third-order valence-electron chi connectivity index (χ3n) is 4.29. The number of rotatable bonds is 6. The van der Waals surface area contributed by atoms with Gasteiger partial charge in [-0.1, -0.05) is 25.0 Å². The van der Waals surface area contributed by atoms with Gasteiger partial charge in [0.15, 0.2) is 0 Å². The molecule has 2 N–H and O–H groups in total. The highest BCUT2D eigenvalue weighted by Crippen LogP contribution is 2.25. The molecule has 4 nitrogen and oxygen atoms in total. The standard InChI is InChI=1S/C17H26N2O2/c1-12(2)15(19-17(21)10-14-7-4-8-14)11-18-16(20)9-13-5-3-6-13/h9-10,12,15H,3-8,11H2,1-2H3,(H,18,20)(H,19,21)/t15-/m1/s1. The maximum absolute atomic E-state index is 11.9. The predicted molar refractivity (Wildman–Crippen MR) is 83.6 cm³/mol. The highest BCUT2D eigenvalue weighted by molar-refractivity contribution is 5.89. The van der Waals surface area contributed by atoms with Gasteiger partial charge in [-0.15, -0.1) is 0 Å². The quantitative estimate of drug-likeness (QED) is 0.738. The van der Waals surface area contributed by atoms with E-state index in [4.69, 9.17) is 0 Å². The van der Waals surface area contributed by atoms with Crippen LogP contribution in [-0.4, -0.2) is 24.4 Å². The Morgan fingerprint density at radius 2 is 1.52 bits per heavy atom. The van der Waals surface area contributed by atoms with Crippen molar-refractivity contribution in [3.05, 3.63) is 23.3 Å². The van der Waals surface area contributed by atoms with E-state index in [0.29, 0.717) is 6.54 Å². The van der Waals surface area contributed by atoms with Crippen LogP contribution in [0.15, 0.2) is 23.3 Å². The SMILES string of the molecule is CC(C)[C@@H](CNC(=O)C=C1CCC1)NC(=O)C=C1CCC1. The largest absolute Gasteiger partial charge is 0.350 e. The first-order valence-electron chi connectivity index (χ1n) is 8.02. The molecule has 0 saturated heterocycles. The van der Waals surface area contributed by atoms with Crippen molar-refractivity contribution < 1.29 is 9.59 Å². The first-order valence-corrected chi connectivity index (χ1v) is 8.02. The van der Waals surface area contributed by atoms with Crippen molar-refractivity contribution in [2.75, 3.05) is 6.54 Å². The Bertz CT molecular complexity index is 451. The fraction of sp³-hybridized carbons (Fsp3) is 0.647. The van der Waals surface area contributed by atoms with Gasteiger partial charge in [-0.2, -0.15) is 0 Å². The summed E-state index contributed by atoms with van der Waals surface area (Å²) in [6.45, 7) is 4.59. The summed E-state index contributed by atoms with van der Waals surface area (Å²) < 4.78 is 0. The van der Waals surface area contributed by atoms with Crippen molar-refractivity contribution in [3.8, 4) is 0 Å². The van der Waals surface area contributed by atoms with Crippen LogP contribution in [0.2, 0.25) is 0 Å². The smallest absolute Gasteiger partial charge is 0.244 e. The van der Waals surface area contributed by atoms with Gasteiger partial charge in [-0.05, 0) is 44.4 Å². The fourth-order valence-electron chi connectivity index (χ4n) is 2.36. The van der Waals surface area contributed by atoms with Gasteiger partial charge < -0.3 is 10.6 Å². The summed E-state index contributed by atoms with van der Waals surface area (Å²) in [4.78, 5) is 23.7. The highest BCUT2D eigenvalue weighted by atomic mass is 16.2. The van der Waals surface area contributed by atoms with Crippen LogP contribution in [0.1, 0.15) is 52.4 Å². The Hall–Kier alpha value is -1.58. The number of hydrogen-bond acceptors (Lipinski definition) is 2. The van der Waals surface area contributed by atoms with E-state index in [1.165, 1.54) is 24.0 Å². The summed E-state index contributed by atoms with van der Waals surface area (Å²) in [6, 6.07) is -0.0295. The maximum atomic E-state index is 11.9. The number of hydrogen-bond donors (Lipinski definition) is 2. The summed E-state index contributed by atoms with van der Waals surface area (Å²) in [5.74, 6) is 0.210. The van der Waals surface area contributed by atoms with Crippen LogP contribution >= 0.6 is 0 Å². The Balaban J connectivity index is 1.78. The van der Waals surface area contributed by atoms with Crippen LogP contribution in [0, 0.1) is 5.92 Å². The second kappa shape index (κ2) is 7.43. The summed E-state index contributed by atoms with van der Waals surface area (Å²) in [5, 5.41) is 5.90. The maximum Gasteiger partial charge on any atom is 0.244 e. The van der Waals surface area contributed by atoms with Gasteiger partial charge in [0, 0.05) is 24.7 Å². The van der Waals surface area contributed by atoms with E-state index < -0.39 is 0 Å². The van der Waals surface area contributed by atoms with Crippen LogP contribution in [0.4, 0.5) is 0 Å². The Kier molecular flexibility index (Phi) is 5.59. The zero-order chi connectivity index (χ0) is 15.2. The number of carbonyl (C=O) groups excluding carboxylic acids is 2. The number of carbonyl (C=O) groups is 2. The molecular formula is C17H26N2O2. The molecule has 116 valence electrons. The molecule has 0 aromatic rings. The summed E-state index contributed by atoms with van der Waals surface area (Å²) in [6.07, 6.45) is 10.00. The van der Waals surface area contributed by atoms with Crippen LogP contribution < -0.4 is 10.6 Å². The molecule has 0 unspecified atom stereocenters. The Morgan fingerprint density at radius 3 is 1.95 bits per heavy atom. The van der Waals surface area contributed by atoms with Gasteiger partial charge in [0.1, 0.15) is 0 Å². The molecule has 0 aliphatic heterocycles. The highest BCUT2D eigenvalue weighted by Gasteiger charge is 2.18. The fourth-order valence-corrected chi connectivity index (χ4v) is 2.36. The lowest BCUT2D eigenvalue weighted by Crippen LogP contribution is -2.46. The van der Waals surface area contributed by atoms with Gasteiger partial charge in [-0.25, -0.2) is 0 Å². The average molecular weight is 290 g/mol. The van der Waals surface area contributed by atoms with E-state index in [1.54, 1.807) is 12.2 Å².